The summed E-state index contributed by atoms with van der Waals surface area (Å²) in [6, 6.07) is 10.3. The second-order valence-corrected chi connectivity index (χ2v) is 6.13. The summed E-state index contributed by atoms with van der Waals surface area (Å²) >= 11 is 1.64. The second kappa shape index (κ2) is 5.50. The number of nitriles is 1. The maximum Gasteiger partial charge on any atom is 0.147 e. The molecule has 0 amide bonds. The van der Waals surface area contributed by atoms with E-state index < -0.39 is 5.41 Å². The van der Waals surface area contributed by atoms with Crippen LogP contribution < -0.4 is 0 Å². The molecule has 0 aliphatic heterocycles. The van der Waals surface area contributed by atoms with Gasteiger partial charge in [0, 0.05) is 12.0 Å². The van der Waals surface area contributed by atoms with Gasteiger partial charge in [-0.2, -0.15) is 5.26 Å². The lowest BCUT2D eigenvalue weighted by atomic mass is 9.86. The summed E-state index contributed by atoms with van der Waals surface area (Å²) in [4.78, 5) is 0. The third kappa shape index (κ3) is 2.99. The summed E-state index contributed by atoms with van der Waals surface area (Å²) in [5.74, 6) is 0. The highest BCUT2D eigenvalue weighted by molar-refractivity contribution is 7.14. The molecule has 19 heavy (non-hydrogen) atoms. The van der Waals surface area contributed by atoms with Gasteiger partial charge in [0.15, 0.2) is 0 Å². The van der Waals surface area contributed by atoms with Crippen molar-refractivity contribution in [3.63, 3.8) is 0 Å². The molecule has 2 rings (SSSR count). The van der Waals surface area contributed by atoms with Crippen molar-refractivity contribution in [3.05, 3.63) is 34.8 Å². The first-order valence-electron chi connectivity index (χ1n) is 6.41. The zero-order valence-electron chi connectivity index (χ0n) is 11.5. The van der Waals surface area contributed by atoms with E-state index in [4.69, 9.17) is 5.26 Å². The highest BCUT2D eigenvalue weighted by atomic mass is 32.1. The predicted molar refractivity (Wildman–Crippen MR) is 78.0 cm³/mol. The van der Waals surface area contributed by atoms with Gasteiger partial charge in [-0.15, -0.1) is 10.2 Å². The van der Waals surface area contributed by atoms with Crippen molar-refractivity contribution >= 4 is 11.3 Å². The molecule has 0 saturated carbocycles. The monoisotopic (exact) mass is 271 g/mol. The molecule has 98 valence electrons. The van der Waals surface area contributed by atoms with Crippen LogP contribution in [0.1, 0.15) is 37.8 Å². The summed E-state index contributed by atoms with van der Waals surface area (Å²) in [5.41, 5.74) is 1.64. The van der Waals surface area contributed by atoms with Crippen molar-refractivity contribution in [2.75, 3.05) is 0 Å². The van der Waals surface area contributed by atoms with Crippen LogP contribution in [0, 0.1) is 11.3 Å². The van der Waals surface area contributed by atoms with Crippen molar-refractivity contribution in [3.8, 4) is 16.6 Å². The van der Waals surface area contributed by atoms with Gasteiger partial charge in [-0.1, -0.05) is 42.5 Å². The second-order valence-electron chi connectivity index (χ2n) is 5.07. The van der Waals surface area contributed by atoms with Crippen molar-refractivity contribution in [2.24, 2.45) is 0 Å². The van der Waals surface area contributed by atoms with Crippen LogP contribution >= 0.6 is 11.3 Å². The predicted octanol–water partition coefficient (Wildman–Crippen LogP) is 3.96. The largest absolute Gasteiger partial charge is 0.197 e. The Labute approximate surface area is 117 Å². The molecular weight excluding hydrogens is 254 g/mol. The van der Waals surface area contributed by atoms with Crippen molar-refractivity contribution < 1.29 is 0 Å². The van der Waals surface area contributed by atoms with Gasteiger partial charge < -0.3 is 0 Å². The quantitative estimate of drug-likeness (QED) is 0.845. The number of hydrogen-bond donors (Lipinski definition) is 0. The molecule has 0 aliphatic rings. The lowest BCUT2D eigenvalue weighted by Crippen LogP contribution is -2.13. The molecule has 0 spiro atoms. The summed E-state index contributed by atoms with van der Waals surface area (Å²) in [6.07, 6.45) is 2.07. The Hall–Kier alpha value is -1.73. The Morgan fingerprint density at radius 1 is 1.21 bits per heavy atom. The number of nitrogens with zero attached hydrogens (tertiary/aromatic N) is 3. The zero-order chi connectivity index (χ0) is 13.9. The normalized spacial score (nSPS) is 11.3. The highest BCUT2D eigenvalue weighted by Crippen LogP contribution is 2.28. The smallest absolute Gasteiger partial charge is 0.147 e. The number of aromatic nitrogens is 2. The van der Waals surface area contributed by atoms with E-state index in [9.17, 15) is 0 Å². The number of rotatable bonds is 4. The van der Waals surface area contributed by atoms with Crippen LogP contribution in [-0.2, 0) is 11.8 Å². The van der Waals surface area contributed by atoms with Crippen LogP contribution in [0.3, 0.4) is 0 Å². The molecule has 0 aliphatic carbocycles. The fraction of sp³-hybridized carbons (Fsp3) is 0.400. The van der Waals surface area contributed by atoms with E-state index in [1.165, 1.54) is 0 Å². The Balaban J connectivity index is 2.25. The lowest BCUT2D eigenvalue weighted by Gasteiger charge is -2.15. The lowest BCUT2D eigenvalue weighted by molar-refractivity contribution is 0.687. The average Bonchev–Trinajstić information content (AvgIpc) is 2.88. The molecule has 0 N–H and O–H groups in total. The maximum absolute atomic E-state index is 9.13. The number of aryl methyl sites for hydroxylation is 1. The molecule has 1 aromatic carbocycles. The minimum Gasteiger partial charge on any atom is -0.197 e. The Morgan fingerprint density at radius 3 is 2.47 bits per heavy atom. The third-order valence-electron chi connectivity index (χ3n) is 3.06. The fourth-order valence-corrected chi connectivity index (χ4v) is 2.73. The third-order valence-corrected chi connectivity index (χ3v) is 4.10. The van der Waals surface area contributed by atoms with Crippen molar-refractivity contribution in [1.82, 2.24) is 10.2 Å². The van der Waals surface area contributed by atoms with Crippen LogP contribution in [0.25, 0.3) is 10.6 Å². The average molecular weight is 271 g/mol. The Morgan fingerprint density at radius 2 is 1.89 bits per heavy atom. The summed E-state index contributed by atoms with van der Waals surface area (Å²) < 4.78 is 0. The van der Waals surface area contributed by atoms with Gasteiger partial charge in [0.25, 0.3) is 0 Å². The van der Waals surface area contributed by atoms with Crippen LogP contribution in [0.5, 0.6) is 0 Å². The Kier molecular flexibility index (Phi) is 3.96. The van der Waals surface area contributed by atoms with Gasteiger partial charge in [-0.05, 0) is 25.8 Å². The van der Waals surface area contributed by atoms with E-state index >= 15 is 0 Å². The zero-order valence-corrected chi connectivity index (χ0v) is 12.3. The van der Waals surface area contributed by atoms with E-state index in [0.717, 1.165) is 34.0 Å². The topological polar surface area (TPSA) is 49.6 Å². The van der Waals surface area contributed by atoms with Gasteiger partial charge in [-0.25, -0.2) is 0 Å². The van der Waals surface area contributed by atoms with Crippen LogP contribution in [-0.4, -0.2) is 10.2 Å². The number of hydrogen-bond acceptors (Lipinski definition) is 4. The van der Waals surface area contributed by atoms with Gasteiger partial charge in [0.05, 0.1) is 11.5 Å². The van der Waals surface area contributed by atoms with E-state index in [0.29, 0.717) is 0 Å². The summed E-state index contributed by atoms with van der Waals surface area (Å²) in [7, 11) is 0. The van der Waals surface area contributed by atoms with Gasteiger partial charge >= 0.3 is 0 Å². The molecule has 3 nitrogen and oxygen atoms in total. The van der Waals surface area contributed by atoms with Gasteiger partial charge in [0.1, 0.15) is 10.0 Å². The molecule has 0 radical (unpaired) electrons. The molecule has 0 unspecified atom stereocenters. The molecule has 2 aromatic rings. The van der Waals surface area contributed by atoms with Crippen LogP contribution in [0.2, 0.25) is 0 Å². The van der Waals surface area contributed by atoms with E-state index in [1.807, 2.05) is 38.1 Å². The molecule has 0 fully saturated rings. The molecule has 1 heterocycles. The van der Waals surface area contributed by atoms with Crippen molar-refractivity contribution in [2.45, 2.75) is 39.0 Å². The summed E-state index contributed by atoms with van der Waals surface area (Å²) in [5, 5.41) is 19.6. The maximum atomic E-state index is 9.13. The van der Waals surface area contributed by atoms with E-state index in [-0.39, 0.29) is 0 Å². The van der Waals surface area contributed by atoms with E-state index in [2.05, 4.69) is 23.2 Å². The molecule has 4 heteroatoms. The van der Waals surface area contributed by atoms with Gasteiger partial charge in [0.2, 0.25) is 0 Å². The molecular formula is C15H17N3S. The molecule has 0 bridgehead atoms. The Bertz CT molecular complexity index is 591. The first-order chi connectivity index (χ1) is 9.06. The highest BCUT2D eigenvalue weighted by Gasteiger charge is 2.19. The summed E-state index contributed by atoms with van der Waals surface area (Å²) in [6.45, 7) is 5.98. The fourth-order valence-electron chi connectivity index (χ4n) is 1.78. The molecule has 0 atom stereocenters. The van der Waals surface area contributed by atoms with Crippen LogP contribution in [0.15, 0.2) is 24.3 Å². The van der Waals surface area contributed by atoms with Crippen LogP contribution in [0.4, 0.5) is 0 Å². The molecule has 0 saturated heterocycles. The SMILES string of the molecule is CCCc1nnc(-c2ccc(C(C)(C)C#N)cc2)s1. The van der Waals surface area contributed by atoms with Gasteiger partial charge in [-0.3, -0.25) is 0 Å². The minimum absolute atomic E-state index is 0.451. The van der Waals surface area contributed by atoms with Crippen molar-refractivity contribution in [1.29, 1.82) is 5.26 Å². The first kappa shape index (κ1) is 13.7. The first-order valence-corrected chi connectivity index (χ1v) is 7.23. The minimum atomic E-state index is -0.451. The molecule has 1 aromatic heterocycles. The number of benzene rings is 1. The standard InChI is InChI=1S/C15H17N3S/c1-4-5-13-17-18-14(19-13)11-6-8-12(9-7-11)15(2,3)10-16/h6-9H,4-5H2,1-3H3. The van der Waals surface area contributed by atoms with E-state index in [1.54, 1.807) is 11.3 Å².